The molecule has 0 radical (unpaired) electrons. The van der Waals surface area contributed by atoms with Crippen LogP contribution in [0.25, 0.3) is 16.9 Å². The Bertz CT molecular complexity index is 878. The minimum absolute atomic E-state index is 0.186. The maximum absolute atomic E-state index is 13.4. The first-order valence-corrected chi connectivity index (χ1v) is 7.20. The average Bonchev–Trinajstić information content (AvgIpc) is 2.85. The number of benzene rings is 2. The highest BCUT2D eigenvalue weighted by molar-refractivity contribution is 9.10. The van der Waals surface area contributed by atoms with Gasteiger partial charge in [-0.3, -0.25) is 0 Å². The maximum atomic E-state index is 13.4. The lowest BCUT2D eigenvalue weighted by Gasteiger charge is -2.03. The topological polar surface area (TPSA) is 67.6 Å². The van der Waals surface area contributed by atoms with Crippen molar-refractivity contribution in [2.75, 3.05) is 5.73 Å². The highest BCUT2D eigenvalue weighted by Crippen LogP contribution is 2.29. The molecule has 0 saturated carbocycles. The van der Waals surface area contributed by atoms with Crippen LogP contribution in [0.1, 0.15) is 5.56 Å². The van der Waals surface area contributed by atoms with Crippen LogP contribution in [0.15, 0.2) is 53.0 Å². The van der Waals surface area contributed by atoms with E-state index in [0.29, 0.717) is 11.4 Å². The lowest BCUT2D eigenvalue weighted by Crippen LogP contribution is -2.02. The first-order chi connectivity index (χ1) is 10.6. The van der Waals surface area contributed by atoms with E-state index in [1.165, 1.54) is 16.8 Å². The predicted molar refractivity (Wildman–Crippen MR) is 85.8 cm³/mol. The van der Waals surface area contributed by atoms with E-state index < -0.39 is 5.82 Å². The predicted octanol–water partition coefficient (Wildman–Crippen LogP) is 3.89. The number of rotatable bonds is 2. The molecular weight excluding hydrogens is 347 g/mol. The molecule has 108 valence electrons. The summed E-state index contributed by atoms with van der Waals surface area (Å²) < 4.78 is 15.7. The number of nitrogens with two attached hydrogens (primary N) is 1. The van der Waals surface area contributed by atoms with Crippen LogP contribution in [0.3, 0.4) is 0 Å². The molecule has 1 aromatic heterocycles. The van der Waals surface area contributed by atoms with Crippen molar-refractivity contribution >= 4 is 21.7 Å². The Labute approximate surface area is 134 Å². The van der Waals surface area contributed by atoms with Gasteiger partial charge in [0.2, 0.25) is 0 Å². The molecule has 6 heteroatoms. The lowest BCUT2D eigenvalue weighted by atomic mass is 10.1. The van der Waals surface area contributed by atoms with Gasteiger partial charge in [-0.15, -0.1) is 0 Å². The van der Waals surface area contributed by atoms with Gasteiger partial charge >= 0.3 is 0 Å². The van der Waals surface area contributed by atoms with Gasteiger partial charge in [-0.05, 0) is 30.3 Å². The maximum Gasteiger partial charge on any atom is 0.145 e. The summed E-state index contributed by atoms with van der Waals surface area (Å²) in [5.74, 6) is -0.206. The first kappa shape index (κ1) is 14.3. The smallest absolute Gasteiger partial charge is 0.145 e. The summed E-state index contributed by atoms with van der Waals surface area (Å²) in [4.78, 5) is 0. The van der Waals surface area contributed by atoms with Crippen LogP contribution in [0, 0.1) is 17.1 Å². The molecule has 0 bridgehead atoms. The zero-order chi connectivity index (χ0) is 15.7. The highest BCUT2D eigenvalue weighted by Gasteiger charge is 2.18. The molecule has 0 unspecified atom stereocenters. The molecule has 0 aliphatic heterocycles. The molecule has 3 aromatic rings. The van der Waals surface area contributed by atoms with Crippen molar-refractivity contribution in [3.05, 3.63) is 64.4 Å². The molecule has 0 atom stereocenters. The SMILES string of the molecule is N#Cc1c(-c2ccc(Br)cc2)nn(-c2cccc(F)c2)c1N. The Kier molecular flexibility index (Phi) is 3.65. The van der Waals surface area contributed by atoms with Gasteiger partial charge in [0.15, 0.2) is 0 Å². The zero-order valence-corrected chi connectivity index (χ0v) is 12.9. The molecule has 0 fully saturated rings. The molecule has 0 saturated heterocycles. The monoisotopic (exact) mass is 356 g/mol. The number of nitriles is 1. The Morgan fingerprint density at radius 1 is 1.18 bits per heavy atom. The van der Waals surface area contributed by atoms with Crippen LogP contribution in [0.5, 0.6) is 0 Å². The Morgan fingerprint density at radius 2 is 1.91 bits per heavy atom. The molecule has 0 amide bonds. The number of hydrogen-bond donors (Lipinski definition) is 1. The summed E-state index contributed by atoms with van der Waals surface area (Å²) >= 11 is 3.36. The molecule has 1 heterocycles. The zero-order valence-electron chi connectivity index (χ0n) is 11.3. The van der Waals surface area contributed by atoms with Crippen molar-refractivity contribution in [3.8, 4) is 23.0 Å². The Morgan fingerprint density at radius 3 is 2.55 bits per heavy atom. The molecule has 4 nitrogen and oxygen atoms in total. The van der Waals surface area contributed by atoms with Gasteiger partial charge in [-0.25, -0.2) is 9.07 Å². The van der Waals surface area contributed by atoms with E-state index >= 15 is 0 Å². The lowest BCUT2D eigenvalue weighted by molar-refractivity contribution is 0.625. The number of anilines is 1. The van der Waals surface area contributed by atoms with E-state index in [0.717, 1.165) is 10.0 Å². The third kappa shape index (κ3) is 2.47. The van der Waals surface area contributed by atoms with Gasteiger partial charge in [-0.1, -0.05) is 34.1 Å². The van der Waals surface area contributed by atoms with Crippen molar-refractivity contribution in [2.24, 2.45) is 0 Å². The van der Waals surface area contributed by atoms with E-state index in [1.807, 2.05) is 24.3 Å². The largest absolute Gasteiger partial charge is 0.382 e. The number of halogens is 2. The molecule has 2 N–H and O–H groups in total. The molecular formula is C16H10BrFN4. The quantitative estimate of drug-likeness (QED) is 0.757. The van der Waals surface area contributed by atoms with Gasteiger partial charge in [0.05, 0.1) is 5.69 Å². The Balaban J connectivity index is 2.19. The summed E-state index contributed by atoms with van der Waals surface area (Å²) in [6.07, 6.45) is 0. The average molecular weight is 357 g/mol. The fourth-order valence-corrected chi connectivity index (χ4v) is 2.42. The summed E-state index contributed by atoms with van der Waals surface area (Å²) in [6, 6.07) is 15.3. The fraction of sp³-hybridized carbons (Fsp3) is 0. The molecule has 2 aromatic carbocycles. The van der Waals surface area contributed by atoms with E-state index in [1.54, 1.807) is 12.1 Å². The van der Waals surface area contributed by atoms with Gasteiger partial charge < -0.3 is 5.73 Å². The third-order valence-electron chi connectivity index (χ3n) is 3.20. The van der Waals surface area contributed by atoms with Gasteiger partial charge in [-0.2, -0.15) is 10.4 Å². The summed E-state index contributed by atoms with van der Waals surface area (Å²) in [7, 11) is 0. The van der Waals surface area contributed by atoms with Gasteiger partial charge in [0, 0.05) is 10.0 Å². The van der Waals surface area contributed by atoms with Crippen LogP contribution < -0.4 is 5.73 Å². The second kappa shape index (κ2) is 5.62. The third-order valence-corrected chi connectivity index (χ3v) is 3.73. The minimum atomic E-state index is -0.393. The minimum Gasteiger partial charge on any atom is -0.382 e. The number of hydrogen-bond acceptors (Lipinski definition) is 3. The van der Waals surface area contributed by atoms with Crippen molar-refractivity contribution in [2.45, 2.75) is 0 Å². The van der Waals surface area contributed by atoms with E-state index in [-0.39, 0.29) is 11.4 Å². The normalized spacial score (nSPS) is 10.4. The van der Waals surface area contributed by atoms with Crippen LogP contribution in [0.2, 0.25) is 0 Å². The standard InChI is InChI=1S/C16H10BrFN4/c17-11-6-4-10(5-7-11)15-14(9-19)16(20)22(21-15)13-3-1-2-12(18)8-13/h1-8H,20H2. The van der Waals surface area contributed by atoms with Crippen LogP contribution >= 0.6 is 15.9 Å². The van der Waals surface area contributed by atoms with Crippen molar-refractivity contribution in [1.29, 1.82) is 5.26 Å². The number of aromatic nitrogens is 2. The van der Waals surface area contributed by atoms with Crippen molar-refractivity contribution < 1.29 is 4.39 Å². The second-order valence-electron chi connectivity index (χ2n) is 4.62. The fourth-order valence-electron chi connectivity index (χ4n) is 2.16. The Hall–Kier alpha value is -2.65. The molecule has 0 aliphatic rings. The first-order valence-electron chi connectivity index (χ1n) is 6.40. The van der Waals surface area contributed by atoms with Crippen molar-refractivity contribution in [1.82, 2.24) is 9.78 Å². The van der Waals surface area contributed by atoms with Gasteiger partial charge in [0.25, 0.3) is 0 Å². The van der Waals surface area contributed by atoms with Crippen LogP contribution in [-0.2, 0) is 0 Å². The molecule has 22 heavy (non-hydrogen) atoms. The van der Waals surface area contributed by atoms with E-state index in [4.69, 9.17) is 5.73 Å². The number of nitrogens with zero attached hydrogens (tertiary/aromatic N) is 3. The van der Waals surface area contributed by atoms with E-state index in [9.17, 15) is 9.65 Å². The number of nitrogen functional groups attached to an aromatic ring is 1. The molecule has 0 spiro atoms. The summed E-state index contributed by atoms with van der Waals surface area (Å²) in [6.45, 7) is 0. The second-order valence-corrected chi connectivity index (χ2v) is 5.53. The van der Waals surface area contributed by atoms with Crippen molar-refractivity contribution in [3.63, 3.8) is 0 Å². The van der Waals surface area contributed by atoms with Crippen LogP contribution in [0.4, 0.5) is 10.2 Å². The molecule has 3 rings (SSSR count). The van der Waals surface area contributed by atoms with Crippen LogP contribution in [-0.4, -0.2) is 9.78 Å². The highest BCUT2D eigenvalue weighted by atomic mass is 79.9. The van der Waals surface area contributed by atoms with Gasteiger partial charge in [0.1, 0.15) is 29.0 Å². The molecule has 0 aliphatic carbocycles. The summed E-state index contributed by atoms with van der Waals surface area (Å²) in [5.41, 5.74) is 7.98. The summed E-state index contributed by atoms with van der Waals surface area (Å²) in [5, 5.41) is 13.7. The van der Waals surface area contributed by atoms with E-state index in [2.05, 4.69) is 27.1 Å².